The van der Waals surface area contributed by atoms with Gasteiger partial charge in [-0.1, -0.05) is 66.8 Å². The molecule has 4 rings (SSSR count). The van der Waals surface area contributed by atoms with Crippen molar-refractivity contribution in [3.05, 3.63) is 83.5 Å². The van der Waals surface area contributed by atoms with Crippen LogP contribution in [-0.2, 0) is 5.41 Å². The highest BCUT2D eigenvalue weighted by Gasteiger charge is 2.40. The second kappa shape index (κ2) is 4.21. The van der Waals surface area contributed by atoms with Gasteiger partial charge < -0.3 is 0 Å². The Morgan fingerprint density at radius 3 is 1.95 bits per heavy atom. The standard InChI is InChI=1S/C20H18/c1-20(15-9-3-2-4-10-15)18-13-7-5-11-16(18)17-12-6-8-14-19(17)20/h3,5-14H,2,4H2,1H3. The third-order valence-corrected chi connectivity index (χ3v) is 4.79. The fourth-order valence-electron chi connectivity index (χ4n) is 3.75. The van der Waals surface area contributed by atoms with Gasteiger partial charge in [0.05, 0.1) is 0 Å². The van der Waals surface area contributed by atoms with Crippen molar-refractivity contribution >= 4 is 0 Å². The summed E-state index contributed by atoms with van der Waals surface area (Å²) in [6.07, 6.45) is 9.38. The molecule has 0 spiro atoms. The molecule has 0 saturated carbocycles. The Bertz CT molecular complexity index is 686. The summed E-state index contributed by atoms with van der Waals surface area (Å²) < 4.78 is 0. The molecule has 0 saturated heterocycles. The van der Waals surface area contributed by atoms with E-state index in [-0.39, 0.29) is 5.41 Å². The van der Waals surface area contributed by atoms with Crippen LogP contribution in [0.15, 0.2) is 72.3 Å². The molecule has 2 aliphatic rings. The lowest BCUT2D eigenvalue weighted by Gasteiger charge is -2.30. The highest BCUT2D eigenvalue weighted by Crippen LogP contribution is 2.52. The van der Waals surface area contributed by atoms with E-state index >= 15 is 0 Å². The number of fused-ring (bicyclic) bond motifs is 3. The Hall–Kier alpha value is -2.08. The average molecular weight is 258 g/mol. The summed E-state index contributed by atoms with van der Waals surface area (Å²) in [5.74, 6) is 0. The molecular formula is C20H18. The van der Waals surface area contributed by atoms with Crippen LogP contribution in [0.5, 0.6) is 0 Å². The Kier molecular flexibility index (Phi) is 2.47. The van der Waals surface area contributed by atoms with E-state index in [4.69, 9.17) is 0 Å². The van der Waals surface area contributed by atoms with Gasteiger partial charge in [-0.15, -0.1) is 0 Å². The highest BCUT2D eigenvalue weighted by molar-refractivity contribution is 5.83. The first-order chi connectivity index (χ1) is 9.82. The zero-order chi connectivity index (χ0) is 13.6. The van der Waals surface area contributed by atoms with Gasteiger partial charge in [0.2, 0.25) is 0 Å². The third-order valence-electron chi connectivity index (χ3n) is 4.79. The first-order valence-electron chi connectivity index (χ1n) is 7.38. The second-order valence-electron chi connectivity index (χ2n) is 5.86. The highest BCUT2D eigenvalue weighted by atomic mass is 14.4. The van der Waals surface area contributed by atoms with Gasteiger partial charge in [-0.3, -0.25) is 0 Å². The molecule has 2 aromatic rings. The number of allylic oxidation sites excluding steroid dienone is 4. The van der Waals surface area contributed by atoms with Crippen LogP contribution in [0.25, 0.3) is 11.1 Å². The minimum absolute atomic E-state index is 0.00407. The number of hydrogen-bond acceptors (Lipinski definition) is 0. The molecule has 0 radical (unpaired) electrons. The molecule has 0 N–H and O–H groups in total. The maximum absolute atomic E-state index is 2.42. The molecule has 0 fully saturated rings. The SMILES string of the molecule is CC1(C2=CCCC=C2)c2ccccc2-c2ccccc21. The van der Waals surface area contributed by atoms with Crippen molar-refractivity contribution in [2.45, 2.75) is 25.2 Å². The minimum atomic E-state index is 0.00407. The van der Waals surface area contributed by atoms with Crippen molar-refractivity contribution in [1.29, 1.82) is 0 Å². The van der Waals surface area contributed by atoms with Gasteiger partial charge in [0, 0.05) is 5.41 Å². The van der Waals surface area contributed by atoms with Gasteiger partial charge in [0.15, 0.2) is 0 Å². The van der Waals surface area contributed by atoms with Crippen LogP contribution in [0, 0.1) is 0 Å². The third kappa shape index (κ3) is 1.42. The van der Waals surface area contributed by atoms with E-state index in [2.05, 4.69) is 73.7 Å². The van der Waals surface area contributed by atoms with E-state index in [1.54, 1.807) is 0 Å². The summed E-state index contributed by atoms with van der Waals surface area (Å²) in [7, 11) is 0. The normalized spacial score (nSPS) is 18.4. The van der Waals surface area contributed by atoms with Crippen LogP contribution >= 0.6 is 0 Å². The van der Waals surface area contributed by atoms with E-state index < -0.39 is 0 Å². The maximum Gasteiger partial charge on any atom is 0.0432 e. The van der Waals surface area contributed by atoms with E-state index in [0.29, 0.717) is 0 Å². The maximum atomic E-state index is 2.42. The van der Waals surface area contributed by atoms with Crippen LogP contribution in [0.3, 0.4) is 0 Å². The molecule has 0 heteroatoms. The zero-order valence-corrected chi connectivity index (χ0v) is 11.8. The lowest BCUT2D eigenvalue weighted by molar-refractivity contribution is 0.701. The predicted molar refractivity (Wildman–Crippen MR) is 84.8 cm³/mol. The summed E-state index contributed by atoms with van der Waals surface area (Å²) in [6.45, 7) is 2.37. The van der Waals surface area contributed by atoms with E-state index in [1.165, 1.54) is 34.2 Å². The van der Waals surface area contributed by atoms with Crippen LogP contribution in [0.1, 0.15) is 30.9 Å². The van der Waals surface area contributed by atoms with Crippen LogP contribution in [-0.4, -0.2) is 0 Å². The van der Waals surface area contributed by atoms with Crippen molar-refractivity contribution in [2.75, 3.05) is 0 Å². The molecule has 0 heterocycles. The molecule has 0 aromatic heterocycles. The molecular weight excluding hydrogens is 240 g/mol. The molecule has 0 unspecified atom stereocenters. The van der Waals surface area contributed by atoms with Crippen LogP contribution < -0.4 is 0 Å². The van der Waals surface area contributed by atoms with Gasteiger partial charge >= 0.3 is 0 Å². The fourth-order valence-corrected chi connectivity index (χ4v) is 3.75. The quantitative estimate of drug-likeness (QED) is 0.655. The van der Waals surface area contributed by atoms with Crippen LogP contribution in [0.4, 0.5) is 0 Å². The molecule has 0 nitrogen and oxygen atoms in total. The Morgan fingerprint density at radius 2 is 1.40 bits per heavy atom. The topological polar surface area (TPSA) is 0 Å². The average Bonchev–Trinajstić information content (AvgIpc) is 2.80. The van der Waals surface area contributed by atoms with Gasteiger partial charge in [0.25, 0.3) is 0 Å². The zero-order valence-electron chi connectivity index (χ0n) is 11.8. The van der Waals surface area contributed by atoms with Crippen molar-refractivity contribution in [3.63, 3.8) is 0 Å². The molecule has 20 heavy (non-hydrogen) atoms. The second-order valence-corrected chi connectivity index (χ2v) is 5.86. The van der Waals surface area contributed by atoms with E-state index in [0.717, 1.165) is 6.42 Å². The van der Waals surface area contributed by atoms with Gasteiger partial charge in [-0.05, 0) is 47.6 Å². The van der Waals surface area contributed by atoms with Crippen molar-refractivity contribution in [1.82, 2.24) is 0 Å². The Labute approximate surface area is 120 Å². The summed E-state index contributed by atoms with van der Waals surface area (Å²) in [5, 5.41) is 0. The molecule has 0 atom stereocenters. The van der Waals surface area contributed by atoms with E-state index in [9.17, 15) is 0 Å². The van der Waals surface area contributed by atoms with Gasteiger partial charge in [-0.25, -0.2) is 0 Å². The Morgan fingerprint density at radius 1 is 0.800 bits per heavy atom. The summed E-state index contributed by atoms with van der Waals surface area (Å²) >= 11 is 0. The predicted octanol–water partition coefficient (Wildman–Crippen LogP) is 5.25. The van der Waals surface area contributed by atoms with Crippen molar-refractivity contribution < 1.29 is 0 Å². The molecule has 0 bridgehead atoms. The first kappa shape index (κ1) is 11.7. The Balaban J connectivity index is 2.04. The molecule has 98 valence electrons. The van der Waals surface area contributed by atoms with Gasteiger partial charge in [0.1, 0.15) is 0 Å². The number of hydrogen-bond donors (Lipinski definition) is 0. The summed E-state index contributed by atoms with van der Waals surface area (Å²) in [4.78, 5) is 0. The monoisotopic (exact) mass is 258 g/mol. The summed E-state index contributed by atoms with van der Waals surface area (Å²) in [6, 6.07) is 17.7. The molecule has 2 aromatic carbocycles. The molecule has 0 aliphatic heterocycles. The van der Waals surface area contributed by atoms with Crippen LogP contribution in [0.2, 0.25) is 0 Å². The largest absolute Gasteiger partial charge is 0.0839 e. The fraction of sp³-hybridized carbons (Fsp3) is 0.200. The number of rotatable bonds is 1. The minimum Gasteiger partial charge on any atom is -0.0839 e. The smallest absolute Gasteiger partial charge is 0.0432 e. The molecule has 2 aliphatic carbocycles. The van der Waals surface area contributed by atoms with Crippen molar-refractivity contribution in [2.24, 2.45) is 0 Å². The molecule has 0 amide bonds. The van der Waals surface area contributed by atoms with Crippen molar-refractivity contribution in [3.8, 4) is 11.1 Å². The lowest BCUT2D eigenvalue weighted by Crippen LogP contribution is -2.23. The van der Waals surface area contributed by atoms with Gasteiger partial charge in [-0.2, -0.15) is 0 Å². The van der Waals surface area contributed by atoms with E-state index in [1.807, 2.05) is 0 Å². The number of benzene rings is 2. The summed E-state index contributed by atoms with van der Waals surface area (Å²) in [5.41, 5.74) is 7.12. The first-order valence-corrected chi connectivity index (χ1v) is 7.38. The lowest BCUT2D eigenvalue weighted by atomic mass is 9.72.